The maximum Gasteiger partial charge on any atom is 0.494 e. The van der Waals surface area contributed by atoms with Crippen LogP contribution in [-0.2, 0) is 28.3 Å². The van der Waals surface area contributed by atoms with E-state index < -0.39 is 81.7 Å². The van der Waals surface area contributed by atoms with E-state index in [1.54, 1.807) is 30.1 Å². The van der Waals surface area contributed by atoms with Gasteiger partial charge in [-0.15, -0.1) is 0 Å². The van der Waals surface area contributed by atoms with E-state index in [1.807, 2.05) is 54.6 Å². The average Bonchev–Trinajstić information content (AvgIpc) is 3.94. The van der Waals surface area contributed by atoms with E-state index in [0.717, 1.165) is 37.4 Å². The van der Waals surface area contributed by atoms with Crippen LogP contribution in [0, 0.1) is 0 Å². The first-order chi connectivity index (χ1) is 28.9. The lowest BCUT2D eigenvalue weighted by Gasteiger charge is -2.43. The van der Waals surface area contributed by atoms with Gasteiger partial charge in [0.05, 0.1) is 36.7 Å². The zero-order valence-electron chi connectivity index (χ0n) is 33.2. The van der Waals surface area contributed by atoms with Gasteiger partial charge in [0.15, 0.2) is 12.2 Å². The van der Waals surface area contributed by atoms with Crippen LogP contribution in [0.2, 0.25) is 0 Å². The van der Waals surface area contributed by atoms with Crippen LogP contribution in [0.4, 0.5) is 11.4 Å². The fourth-order valence-electron chi connectivity index (χ4n) is 8.18. The molecule has 8 rings (SSSR count). The maximum atomic E-state index is 13.1. The number of nitrogens with one attached hydrogen (secondary N) is 1. The van der Waals surface area contributed by atoms with Gasteiger partial charge in [0.25, 0.3) is 0 Å². The Bertz CT molecular complexity index is 2150. The van der Waals surface area contributed by atoms with E-state index in [4.69, 9.17) is 28.5 Å². The number of ether oxygens (including phenoxy) is 3. The van der Waals surface area contributed by atoms with Crippen LogP contribution in [0.3, 0.4) is 0 Å². The number of amides is 1. The number of carbonyl (C=O) groups is 1. The number of carbonyl (C=O) groups excluding carboxylic acids is 1. The molecule has 4 fully saturated rings. The van der Waals surface area contributed by atoms with E-state index >= 15 is 0 Å². The number of H-pyrrole nitrogens is 1. The second-order valence-electron chi connectivity index (χ2n) is 15.6. The lowest BCUT2D eigenvalue weighted by Crippen LogP contribution is -2.62. The second-order valence-corrected chi connectivity index (χ2v) is 15.6. The number of anilines is 1. The summed E-state index contributed by atoms with van der Waals surface area (Å²) >= 11 is 0. The highest BCUT2D eigenvalue weighted by Gasteiger charge is 2.64. The number of aliphatic hydroxyl groups excluding tert-OH is 6. The minimum atomic E-state index is -2.06. The predicted molar refractivity (Wildman–Crippen MR) is 217 cm³/mol. The summed E-state index contributed by atoms with van der Waals surface area (Å²) in [4.78, 5) is 27.2. The van der Waals surface area contributed by atoms with E-state index in [0.29, 0.717) is 39.9 Å². The largest absolute Gasteiger partial charge is 0.494 e. The maximum absolute atomic E-state index is 13.1. The number of benzene rings is 3. The number of hydrogen-bond donors (Lipinski definition) is 8. The van der Waals surface area contributed by atoms with Crippen molar-refractivity contribution < 1.29 is 64.1 Å². The van der Waals surface area contributed by atoms with Gasteiger partial charge in [0, 0.05) is 55.4 Å². The van der Waals surface area contributed by atoms with Crippen molar-refractivity contribution in [3.05, 3.63) is 83.9 Å². The molecule has 2 unspecified atom stereocenters. The van der Waals surface area contributed by atoms with E-state index in [9.17, 15) is 40.5 Å². The van der Waals surface area contributed by atoms with Crippen LogP contribution < -0.4 is 10.4 Å². The molecule has 4 saturated heterocycles. The minimum Gasteiger partial charge on any atom is -0.494 e. The fourth-order valence-corrected chi connectivity index (χ4v) is 8.18. The monoisotopic (exact) mass is 831 g/mol. The fraction of sp³-hybridized carbons (Fsp3) is 0.463. The van der Waals surface area contributed by atoms with Crippen molar-refractivity contribution in [2.45, 2.75) is 54.8 Å². The first-order valence-electron chi connectivity index (χ1n) is 19.9. The highest BCUT2D eigenvalue weighted by atomic mass is 16.8. The molecule has 0 spiro atoms. The SMILES string of the molecule is CN1CCN(CC(=O)N(C)c2ccc(N=C(c3ccccc3)c3c(O)[nH]c4cc(B5OC6[C@@H](CO)O[C@@](CO)(O[C@H]7OC(CO)[C@@H](O)[C@H](O)[C@H]7O)[C@H]6O5)ccc34)cc2)CC1. The molecule has 9 atom stereocenters. The van der Waals surface area contributed by atoms with Crippen LogP contribution in [0.5, 0.6) is 5.88 Å². The van der Waals surface area contributed by atoms with Crippen molar-refractivity contribution >= 4 is 46.5 Å². The van der Waals surface area contributed by atoms with Gasteiger partial charge in [-0.25, -0.2) is 4.99 Å². The number of aromatic amines is 1. The summed E-state index contributed by atoms with van der Waals surface area (Å²) < 4.78 is 29.9. The zero-order valence-corrected chi connectivity index (χ0v) is 33.2. The van der Waals surface area contributed by atoms with Gasteiger partial charge in [0.1, 0.15) is 49.3 Å². The van der Waals surface area contributed by atoms with Crippen molar-refractivity contribution in [2.24, 2.45) is 4.99 Å². The normalized spacial score (nSPS) is 30.3. The number of rotatable bonds is 12. The van der Waals surface area contributed by atoms with Crippen LogP contribution >= 0.6 is 0 Å². The molecule has 60 heavy (non-hydrogen) atoms. The van der Waals surface area contributed by atoms with E-state index in [1.165, 1.54) is 0 Å². The number of hydrogen-bond acceptors (Lipinski definition) is 16. The van der Waals surface area contributed by atoms with E-state index in [-0.39, 0.29) is 11.8 Å². The van der Waals surface area contributed by atoms with Crippen LogP contribution in [0.15, 0.2) is 77.8 Å². The van der Waals surface area contributed by atoms with Crippen LogP contribution in [0.25, 0.3) is 10.9 Å². The van der Waals surface area contributed by atoms with Crippen molar-refractivity contribution in [2.75, 3.05) is 71.5 Å². The molecular weight excluding hydrogens is 781 g/mol. The molecule has 1 aromatic heterocycles. The molecule has 0 radical (unpaired) electrons. The Labute approximate surface area is 345 Å². The van der Waals surface area contributed by atoms with Crippen molar-refractivity contribution in [3.8, 4) is 5.88 Å². The van der Waals surface area contributed by atoms with Gasteiger partial charge in [-0.2, -0.15) is 0 Å². The third-order valence-corrected chi connectivity index (χ3v) is 11.7. The van der Waals surface area contributed by atoms with E-state index in [2.05, 4.69) is 21.8 Å². The minimum absolute atomic E-state index is 0.00356. The highest BCUT2D eigenvalue weighted by Crippen LogP contribution is 2.43. The Balaban J connectivity index is 1.04. The highest BCUT2D eigenvalue weighted by molar-refractivity contribution is 6.62. The Morgan fingerprint density at radius 2 is 1.65 bits per heavy atom. The quantitative estimate of drug-likeness (QED) is 0.0607. The molecule has 18 nitrogen and oxygen atoms in total. The second kappa shape index (κ2) is 17.6. The molecule has 3 aromatic carbocycles. The number of fused-ring (bicyclic) bond motifs is 2. The number of nitrogens with zero attached hydrogens (tertiary/aromatic N) is 4. The Morgan fingerprint density at radius 1 is 0.933 bits per heavy atom. The molecule has 0 bridgehead atoms. The lowest BCUT2D eigenvalue weighted by atomic mass is 9.78. The first kappa shape index (κ1) is 42.4. The summed E-state index contributed by atoms with van der Waals surface area (Å²) in [6.45, 7) is 1.77. The number of aromatic nitrogens is 1. The molecule has 0 saturated carbocycles. The van der Waals surface area contributed by atoms with Gasteiger partial charge < -0.3 is 74.0 Å². The molecule has 4 aliphatic heterocycles. The molecule has 5 heterocycles. The topological polar surface area (TPSA) is 243 Å². The smallest absolute Gasteiger partial charge is 0.494 e. The molecule has 0 aliphatic carbocycles. The summed E-state index contributed by atoms with van der Waals surface area (Å²) in [5.74, 6) is -2.20. The molecule has 1 amide bonds. The van der Waals surface area contributed by atoms with Gasteiger partial charge >= 0.3 is 7.12 Å². The van der Waals surface area contributed by atoms with Gasteiger partial charge in [-0.05, 0) is 42.8 Å². The predicted octanol–water partition coefficient (Wildman–Crippen LogP) is -1.37. The molecule has 4 aromatic rings. The summed E-state index contributed by atoms with van der Waals surface area (Å²) in [7, 11) is 2.76. The number of aromatic hydroxyl groups is 1. The lowest BCUT2D eigenvalue weighted by molar-refractivity contribution is -0.381. The van der Waals surface area contributed by atoms with Crippen LogP contribution in [0.1, 0.15) is 11.1 Å². The van der Waals surface area contributed by atoms with Crippen molar-refractivity contribution in [3.63, 3.8) is 0 Å². The molecule has 320 valence electrons. The molecule has 4 aliphatic rings. The van der Waals surface area contributed by atoms with Gasteiger partial charge in [-0.3, -0.25) is 9.69 Å². The third-order valence-electron chi connectivity index (χ3n) is 11.7. The summed E-state index contributed by atoms with van der Waals surface area (Å²) in [5.41, 5.74) is 4.02. The first-order valence-corrected chi connectivity index (χ1v) is 19.9. The number of aliphatic imine (C=N–C) groups is 1. The number of piperazine rings is 1. The van der Waals surface area contributed by atoms with Crippen LogP contribution in [-0.4, -0.2) is 191 Å². The molecule has 8 N–H and O–H groups in total. The zero-order chi connectivity index (χ0) is 42.3. The number of aliphatic hydroxyl groups is 6. The molecule has 19 heteroatoms. The average molecular weight is 832 g/mol. The van der Waals surface area contributed by atoms with Gasteiger partial charge in [-0.1, -0.05) is 42.5 Å². The van der Waals surface area contributed by atoms with Crippen molar-refractivity contribution in [1.82, 2.24) is 14.8 Å². The Morgan fingerprint density at radius 3 is 2.33 bits per heavy atom. The number of likely N-dealkylation sites (N-methyl/N-ethyl adjacent to an activating group) is 2. The molecular formula is C41H50BN5O13. The Hall–Kier alpha value is -4.32. The standard InChI is InChI=1S/C41H50BN5O13/c1-45-14-16-47(17-15-45)19-31(51)46(2)26-11-9-25(10-12-26)43-33(23-6-4-3-5-7-23)32-27-13-8-24(18-28(27)44-39(32)55)42-59-37-30(21-49)57-41(22-50,38(37)60-42)58-40-36(54)35(53)34(52)29(20-48)56-40/h3-13,18,29-30,34-38,40,44,48-50,52-55H,14-17,19-22H2,1-2H3/t29?,30-,34-,35+,36-,37?,38+,40-,41+/m1/s1. The van der Waals surface area contributed by atoms with Gasteiger partial charge in [0.2, 0.25) is 11.7 Å². The Kier molecular flexibility index (Phi) is 12.4. The summed E-state index contributed by atoms with van der Waals surface area (Å²) in [6.07, 6.45) is -11.4. The van der Waals surface area contributed by atoms with Crippen molar-refractivity contribution in [1.29, 1.82) is 0 Å². The third kappa shape index (κ3) is 8.09. The summed E-state index contributed by atoms with van der Waals surface area (Å²) in [5, 5.41) is 73.8. The summed E-state index contributed by atoms with van der Waals surface area (Å²) in [6, 6.07) is 22.0.